The predicted octanol–water partition coefficient (Wildman–Crippen LogP) is 2.44. The summed E-state index contributed by atoms with van der Waals surface area (Å²) >= 11 is 0. The van der Waals surface area contributed by atoms with Crippen LogP contribution in [-0.4, -0.2) is 172 Å². The molecule has 0 saturated carbocycles. The number of hydrogen-bond acceptors (Lipinski definition) is 17. The van der Waals surface area contributed by atoms with Gasteiger partial charge in [-0.15, -0.1) is 0 Å². The molecule has 19 heteroatoms. The van der Waals surface area contributed by atoms with Crippen molar-refractivity contribution in [2.75, 3.05) is 79.2 Å². The zero-order valence-electron chi connectivity index (χ0n) is 36.8. The number of carbonyl (C=O) groups excluding carboxylic acids is 3. The second-order valence-corrected chi connectivity index (χ2v) is 18.1. The smallest absolute Gasteiger partial charge is 0.411 e. The second kappa shape index (κ2) is 27.6. The van der Waals surface area contributed by atoms with Crippen molar-refractivity contribution in [2.45, 2.75) is 121 Å². The summed E-state index contributed by atoms with van der Waals surface area (Å²) in [4.78, 5) is 41.2. The third kappa shape index (κ3) is 17.2. The lowest BCUT2D eigenvalue weighted by molar-refractivity contribution is -0.321. The maximum Gasteiger partial charge on any atom is 0.411 e. The molecule has 2 aliphatic heterocycles. The summed E-state index contributed by atoms with van der Waals surface area (Å²) in [6.07, 6.45) is -2.08. The Morgan fingerprint density at radius 2 is 1.90 bits per heavy atom. The van der Waals surface area contributed by atoms with E-state index in [1.54, 1.807) is 60.8 Å². The van der Waals surface area contributed by atoms with Crippen LogP contribution in [0.3, 0.4) is 0 Å². The highest BCUT2D eigenvalue weighted by Gasteiger charge is 2.47. The Morgan fingerprint density at radius 1 is 1.16 bits per heavy atom. The number of likely N-dealkylation sites (N-methyl/N-ethyl adjacent to an activating group) is 1. The number of aliphatic hydroxyl groups excluding tert-OH is 1. The van der Waals surface area contributed by atoms with E-state index in [0.717, 1.165) is 0 Å². The van der Waals surface area contributed by atoms with Gasteiger partial charge in [0.15, 0.2) is 18.4 Å². The van der Waals surface area contributed by atoms with E-state index in [2.05, 4.69) is 36.3 Å². The number of hydrogen-bond donors (Lipinski definition) is 5. The molecule has 0 aromatic rings. The SMILES string of the molecule is C/C=C\C#C[C@H](O[C@@H]1O[C@H](C)C[C@H](O)[C@H]1O[C@H]1C[C@H](OC)[C@@H](N(CC)CC(=O)NCCOCCOCCN)CO1)C1=C(NC(=O)OC)C(=O)C[C@](C)(O)/C1=C/CSSC(C)C. The minimum atomic E-state index is -1.65. The van der Waals surface area contributed by atoms with Crippen LogP contribution in [0, 0.1) is 11.8 Å². The van der Waals surface area contributed by atoms with Crippen molar-refractivity contribution in [1.82, 2.24) is 15.5 Å². The quantitative estimate of drug-likeness (QED) is 0.0565. The number of carbonyl (C=O) groups is 3. The molecular formula is C42H68N4O13S2. The normalized spacial score (nSPS) is 28.3. The molecule has 0 aromatic carbocycles. The Bertz CT molecular complexity index is 1550. The van der Waals surface area contributed by atoms with Crippen molar-refractivity contribution in [3.8, 4) is 11.8 Å². The van der Waals surface area contributed by atoms with Gasteiger partial charge in [-0.3, -0.25) is 19.8 Å². The summed E-state index contributed by atoms with van der Waals surface area (Å²) < 4.78 is 47.2. The van der Waals surface area contributed by atoms with Crippen LogP contribution in [0.2, 0.25) is 0 Å². The molecule has 3 aliphatic rings. The number of ketones is 1. The summed E-state index contributed by atoms with van der Waals surface area (Å²) in [6.45, 7) is 14.5. The molecule has 2 heterocycles. The van der Waals surface area contributed by atoms with Gasteiger partial charge in [0.2, 0.25) is 5.91 Å². The fraction of sp³-hybridized carbons (Fsp3) is 0.738. The molecule has 1 aliphatic carbocycles. The van der Waals surface area contributed by atoms with Crippen molar-refractivity contribution in [1.29, 1.82) is 0 Å². The third-order valence-corrected chi connectivity index (χ3v) is 12.7. The number of Topliss-reactive ketones (excluding diaryl/α,β-unsaturated/α-hetero) is 1. The number of aliphatic hydroxyl groups is 2. The zero-order chi connectivity index (χ0) is 45.0. The Labute approximate surface area is 368 Å². The van der Waals surface area contributed by atoms with Gasteiger partial charge in [-0.25, -0.2) is 4.79 Å². The number of methoxy groups -OCH3 is 2. The predicted molar refractivity (Wildman–Crippen MR) is 233 cm³/mol. The first kappa shape index (κ1) is 52.8. The van der Waals surface area contributed by atoms with E-state index >= 15 is 0 Å². The summed E-state index contributed by atoms with van der Waals surface area (Å²) in [5, 5.41) is 29.1. The average molecular weight is 901 g/mol. The molecule has 61 heavy (non-hydrogen) atoms. The number of amides is 2. The maximum absolute atomic E-state index is 13.7. The monoisotopic (exact) mass is 900 g/mol. The van der Waals surface area contributed by atoms with Gasteiger partial charge in [0, 0.05) is 56.0 Å². The first-order valence-corrected chi connectivity index (χ1v) is 23.2. The Hall–Kier alpha value is -2.55. The van der Waals surface area contributed by atoms with Crippen molar-refractivity contribution < 1.29 is 62.5 Å². The molecular weight excluding hydrogens is 833 g/mol. The lowest BCUT2D eigenvalue weighted by Gasteiger charge is -2.44. The van der Waals surface area contributed by atoms with E-state index in [-0.39, 0.29) is 55.6 Å². The molecule has 0 radical (unpaired) electrons. The van der Waals surface area contributed by atoms with Crippen LogP contribution in [0.15, 0.2) is 35.1 Å². The number of nitrogens with two attached hydrogens (primary N) is 1. The van der Waals surface area contributed by atoms with Gasteiger partial charge in [-0.05, 0) is 39.0 Å². The fourth-order valence-corrected chi connectivity index (χ4v) is 8.86. The van der Waals surface area contributed by atoms with Gasteiger partial charge in [0.1, 0.15) is 12.2 Å². The highest BCUT2D eigenvalue weighted by Crippen LogP contribution is 2.40. The average Bonchev–Trinajstić information content (AvgIpc) is 3.21. The van der Waals surface area contributed by atoms with Crippen LogP contribution in [0.1, 0.15) is 60.8 Å². The zero-order valence-corrected chi connectivity index (χ0v) is 38.5. The number of ether oxygens (including phenoxy) is 8. The van der Waals surface area contributed by atoms with Gasteiger partial charge in [-0.2, -0.15) is 0 Å². The Balaban J connectivity index is 1.86. The van der Waals surface area contributed by atoms with Gasteiger partial charge in [0.25, 0.3) is 0 Å². The first-order chi connectivity index (χ1) is 29.2. The van der Waals surface area contributed by atoms with E-state index in [9.17, 15) is 24.6 Å². The molecule has 2 fully saturated rings. The summed E-state index contributed by atoms with van der Waals surface area (Å²) in [5.74, 6) is 5.71. The van der Waals surface area contributed by atoms with Gasteiger partial charge in [-0.1, -0.05) is 66.4 Å². The molecule has 0 spiro atoms. The van der Waals surface area contributed by atoms with Gasteiger partial charge >= 0.3 is 6.09 Å². The summed E-state index contributed by atoms with van der Waals surface area (Å²) in [5.41, 5.74) is 4.10. The minimum absolute atomic E-state index is 0.109. The van der Waals surface area contributed by atoms with Crippen LogP contribution < -0.4 is 16.4 Å². The van der Waals surface area contributed by atoms with E-state index in [1.165, 1.54) is 14.0 Å². The molecule has 0 unspecified atom stereocenters. The van der Waals surface area contributed by atoms with Crippen LogP contribution in [0.4, 0.5) is 4.79 Å². The molecule has 0 bridgehead atoms. The van der Waals surface area contributed by atoms with Crippen molar-refractivity contribution in [2.24, 2.45) is 5.73 Å². The second-order valence-electron chi connectivity index (χ2n) is 15.1. The molecule has 6 N–H and O–H groups in total. The van der Waals surface area contributed by atoms with Crippen LogP contribution in [0.5, 0.6) is 0 Å². The third-order valence-electron chi connectivity index (χ3n) is 9.88. The minimum Gasteiger partial charge on any atom is -0.453 e. The van der Waals surface area contributed by atoms with E-state index in [4.69, 9.17) is 43.6 Å². The van der Waals surface area contributed by atoms with Gasteiger partial charge in [0.05, 0.1) is 82.3 Å². The van der Waals surface area contributed by atoms with Crippen LogP contribution in [0.25, 0.3) is 0 Å². The molecule has 3 rings (SSSR count). The van der Waals surface area contributed by atoms with Crippen molar-refractivity contribution in [3.05, 3.63) is 35.1 Å². The molecule has 2 saturated heterocycles. The maximum atomic E-state index is 13.7. The highest BCUT2D eigenvalue weighted by atomic mass is 33.1. The topological polar surface area (TPSA) is 219 Å². The van der Waals surface area contributed by atoms with Crippen LogP contribution in [-0.2, 0) is 47.5 Å². The standard InChI is InChI=1S/C42H68N4O13S2/c1-9-11-12-13-33(37-29(14-21-60-61-27(3)4)42(6,51)24-32(48)38(37)45-41(50)53-8)58-40-39(31(47)22-28(5)57-40)59-36-23-34(52-7)30(26-56-36)46(10-2)25-35(49)44-16-18-55-20-19-54-17-15-43/h9,11,14,27-28,30-31,33-34,36,39-40,47,51H,10,15-26,43H2,1-8H3,(H,44,49)(H,45,50)/b11-9-,29-14+/t28-,30+,31+,33+,34+,36+,39-,40+,42+/m1/s1. The van der Waals surface area contributed by atoms with Crippen LogP contribution >= 0.6 is 21.6 Å². The molecule has 9 atom stereocenters. The highest BCUT2D eigenvalue weighted by molar-refractivity contribution is 8.77. The lowest BCUT2D eigenvalue weighted by Crippen LogP contribution is -2.57. The Kier molecular flexibility index (Phi) is 23.9. The molecule has 2 amide bonds. The van der Waals surface area contributed by atoms with E-state index in [1.807, 2.05) is 11.8 Å². The van der Waals surface area contributed by atoms with E-state index < -0.39 is 60.6 Å². The molecule has 0 aromatic heterocycles. The van der Waals surface area contributed by atoms with Crippen molar-refractivity contribution >= 4 is 39.4 Å². The lowest BCUT2D eigenvalue weighted by atomic mass is 9.76. The van der Waals surface area contributed by atoms with Gasteiger partial charge < -0.3 is 59.2 Å². The van der Waals surface area contributed by atoms with Crippen molar-refractivity contribution in [3.63, 3.8) is 0 Å². The van der Waals surface area contributed by atoms with E-state index in [0.29, 0.717) is 62.6 Å². The number of nitrogens with one attached hydrogen (secondary N) is 2. The summed E-state index contributed by atoms with van der Waals surface area (Å²) in [7, 11) is 5.99. The first-order valence-electron chi connectivity index (χ1n) is 20.8. The summed E-state index contributed by atoms with van der Waals surface area (Å²) in [6, 6.07) is -0.283. The fourth-order valence-electron chi connectivity index (χ4n) is 7.02. The number of alkyl carbamates (subject to hydrolysis) is 1. The number of nitrogens with zero attached hydrogens (tertiary/aromatic N) is 1. The molecule has 346 valence electrons. The Morgan fingerprint density at radius 3 is 2.56 bits per heavy atom. The number of allylic oxidation sites excluding steroid dienone is 3. The molecule has 17 nitrogen and oxygen atoms in total. The largest absolute Gasteiger partial charge is 0.453 e. The number of rotatable bonds is 23.